The van der Waals surface area contributed by atoms with Gasteiger partial charge in [-0.1, -0.05) is 6.92 Å². The van der Waals surface area contributed by atoms with Crippen LogP contribution in [0, 0.1) is 0 Å². The molecule has 0 bridgehead atoms. The van der Waals surface area contributed by atoms with E-state index in [4.69, 9.17) is 0 Å². The van der Waals surface area contributed by atoms with Crippen LogP contribution in [0.25, 0.3) is 0 Å². The Labute approximate surface area is 89.6 Å². The third-order valence-corrected chi connectivity index (χ3v) is 2.77. The molecule has 0 saturated heterocycles. The van der Waals surface area contributed by atoms with E-state index in [1.165, 1.54) is 7.11 Å². The molecular formula is C10H18O3S. The highest BCUT2D eigenvalue weighted by Crippen LogP contribution is 2.06. The van der Waals surface area contributed by atoms with Gasteiger partial charge in [0.2, 0.25) is 0 Å². The summed E-state index contributed by atoms with van der Waals surface area (Å²) in [5.41, 5.74) is 0. The van der Waals surface area contributed by atoms with Gasteiger partial charge in [0.15, 0.2) is 0 Å². The number of esters is 1. The Balaban J connectivity index is 3.32. The number of rotatable bonds is 8. The highest BCUT2D eigenvalue weighted by Gasteiger charge is 2.06. The molecule has 14 heavy (non-hydrogen) atoms. The van der Waals surface area contributed by atoms with Crippen molar-refractivity contribution in [2.75, 3.05) is 18.6 Å². The molecule has 0 fully saturated rings. The molecule has 0 amide bonds. The maximum absolute atomic E-state index is 11.2. The van der Waals surface area contributed by atoms with Crippen LogP contribution in [0.15, 0.2) is 0 Å². The first kappa shape index (κ1) is 13.5. The monoisotopic (exact) mass is 218 g/mol. The summed E-state index contributed by atoms with van der Waals surface area (Å²) in [6.07, 6.45) is 2.04. The molecule has 0 rings (SSSR count). The molecule has 3 nitrogen and oxygen atoms in total. The van der Waals surface area contributed by atoms with E-state index in [1.54, 1.807) is 0 Å². The minimum absolute atomic E-state index is 0.159. The van der Waals surface area contributed by atoms with E-state index in [0.29, 0.717) is 12.8 Å². The van der Waals surface area contributed by atoms with Crippen molar-refractivity contribution in [3.8, 4) is 0 Å². The molecule has 0 saturated carbocycles. The van der Waals surface area contributed by atoms with Crippen LogP contribution in [0.2, 0.25) is 0 Å². The summed E-state index contributed by atoms with van der Waals surface area (Å²) < 4.78 is 4.45. The zero-order chi connectivity index (χ0) is 10.8. The van der Waals surface area contributed by atoms with Crippen LogP contribution in [-0.2, 0) is 14.3 Å². The third-order valence-electron chi connectivity index (χ3n) is 1.78. The van der Waals surface area contributed by atoms with Crippen LogP contribution in [0.1, 0.15) is 32.6 Å². The van der Waals surface area contributed by atoms with Gasteiger partial charge >= 0.3 is 5.97 Å². The van der Waals surface area contributed by atoms with Crippen LogP contribution < -0.4 is 0 Å². The highest BCUT2D eigenvalue weighted by atomic mass is 32.2. The predicted molar refractivity (Wildman–Crippen MR) is 58.5 cm³/mol. The van der Waals surface area contributed by atoms with Crippen LogP contribution >= 0.6 is 11.8 Å². The van der Waals surface area contributed by atoms with E-state index in [-0.39, 0.29) is 18.2 Å². The number of carbonyl (C=O) groups is 2. The second-order valence-corrected chi connectivity index (χ2v) is 4.31. The summed E-state index contributed by atoms with van der Waals surface area (Å²) in [6, 6.07) is 0. The number of methoxy groups -OCH3 is 1. The maximum atomic E-state index is 11.2. The van der Waals surface area contributed by atoms with Gasteiger partial charge in [-0.2, -0.15) is 11.8 Å². The van der Waals surface area contributed by atoms with Gasteiger partial charge in [0.1, 0.15) is 5.78 Å². The van der Waals surface area contributed by atoms with Crippen molar-refractivity contribution in [2.24, 2.45) is 0 Å². The van der Waals surface area contributed by atoms with Gasteiger partial charge in [-0.25, -0.2) is 0 Å². The Morgan fingerprint density at radius 2 is 1.93 bits per heavy atom. The zero-order valence-corrected chi connectivity index (χ0v) is 9.69. The predicted octanol–water partition coefficient (Wildman–Crippen LogP) is 2.04. The average molecular weight is 218 g/mol. The molecular weight excluding hydrogens is 200 g/mol. The van der Waals surface area contributed by atoms with E-state index < -0.39 is 0 Å². The molecule has 4 heteroatoms. The van der Waals surface area contributed by atoms with Gasteiger partial charge in [-0.3, -0.25) is 9.59 Å². The van der Waals surface area contributed by atoms with Crippen molar-refractivity contribution >= 4 is 23.5 Å². The summed E-state index contributed by atoms with van der Waals surface area (Å²) in [4.78, 5) is 21.9. The van der Waals surface area contributed by atoms with E-state index in [1.807, 2.05) is 11.8 Å². The minimum atomic E-state index is -0.304. The van der Waals surface area contributed by atoms with Crippen LogP contribution in [0.3, 0.4) is 0 Å². The van der Waals surface area contributed by atoms with Crippen molar-refractivity contribution in [3.63, 3.8) is 0 Å². The third kappa shape index (κ3) is 8.10. The van der Waals surface area contributed by atoms with E-state index >= 15 is 0 Å². The van der Waals surface area contributed by atoms with Crippen molar-refractivity contribution in [3.05, 3.63) is 0 Å². The Hall–Kier alpha value is -0.510. The van der Waals surface area contributed by atoms with Crippen LogP contribution in [0.4, 0.5) is 0 Å². The summed E-state index contributed by atoms with van der Waals surface area (Å²) >= 11 is 1.84. The molecule has 0 aromatic carbocycles. The summed E-state index contributed by atoms with van der Waals surface area (Å²) in [5.74, 6) is 1.98. The fourth-order valence-corrected chi connectivity index (χ4v) is 1.62. The number of hydrogen-bond acceptors (Lipinski definition) is 4. The Morgan fingerprint density at radius 1 is 1.21 bits per heavy atom. The molecule has 0 aromatic rings. The summed E-state index contributed by atoms with van der Waals surface area (Å²) in [7, 11) is 1.34. The number of Topliss-reactive ketones (excluding diaryl/α,β-unsaturated/α-hetero) is 1. The van der Waals surface area contributed by atoms with Crippen molar-refractivity contribution in [1.82, 2.24) is 0 Å². The molecule has 0 unspecified atom stereocenters. The minimum Gasteiger partial charge on any atom is -0.469 e. The summed E-state index contributed by atoms with van der Waals surface area (Å²) in [6.45, 7) is 2.10. The lowest BCUT2D eigenvalue weighted by atomic mass is 10.1. The van der Waals surface area contributed by atoms with Gasteiger partial charge in [0.25, 0.3) is 0 Å². The fraction of sp³-hybridized carbons (Fsp3) is 0.800. The number of ether oxygens (including phenoxy) is 1. The standard InChI is InChI=1S/C10H18O3S/c1-3-14-8-4-5-9(11)6-7-10(12)13-2/h3-8H2,1-2H3. The first-order valence-electron chi connectivity index (χ1n) is 4.87. The topological polar surface area (TPSA) is 43.4 Å². The van der Waals surface area contributed by atoms with Gasteiger partial charge in [0, 0.05) is 12.8 Å². The molecule has 0 aromatic heterocycles. The van der Waals surface area contributed by atoms with E-state index in [9.17, 15) is 9.59 Å². The lowest BCUT2D eigenvalue weighted by molar-refractivity contribution is -0.141. The molecule has 82 valence electrons. The highest BCUT2D eigenvalue weighted by molar-refractivity contribution is 7.99. The quantitative estimate of drug-likeness (QED) is 0.462. The molecule has 0 radical (unpaired) electrons. The van der Waals surface area contributed by atoms with Gasteiger partial charge in [0.05, 0.1) is 13.5 Å². The SMILES string of the molecule is CCSCCCC(=O)CCC(=O)OC. The zero-order valence-electron chi connectivity index (χ0n) is 8.88. The number of carbonyl (C=O) groups excluding carboxylic acids is 2. The van der Waals surface area contributed by atoms with E-state index in [2.05, 4.69) is 11.7 Å². The average Bonchev–Trinajstić information content (AvgIpc) is 2.21. The number of ketones is 1. The molecule has 0 aliphatic carbocycles. The molecule has 0 spiro atoms. The Kier molecular flexibility index (Phi) is 8.73. The fourth-order valence-electron chi connectivity index (χ4n) is 0.984. The van der Waals surface area contributed by atoms with Crippen molar-refractivity contribution < 1.29 is 14.3 Å². The first-order chi connectivity index (χ1) is 6.70. The molecule has 0 aliphatic rings. The number of thioether (sulfide) groups is 1. The van der Waals surface area contributed by atoms with E-state index in [0.717, 1.165) is 17.9 Å². The van der Waals surface area contributed by atoms with Gasteiger partial charge in [-0.15, -0.1) is 0 Å². The van der Waals surface area contributed by atoms with Crippen LogP contribution in [-0.4, -0.2) is 30.4 Å². The molecule has 0 heterocycles. The van der Waals surface area contributed by atoms with Crippen LogP contribution in [0.5, 0.6) is 0 Å². The maximum Gasteiger partial charge on any atom is 0.305 e. The molecule has 0 atom stereocenters. The number of hydrogen-bond donors (Lipinski definition) is 0. The normalized spacial score (nSPS) is 9.86. The molecule has 0 aliphatic heterocycles. The summed E-state index contributed by atoms with van der Waals surface area (Å²) in [5, 5.41) is 0. The van der Waals surface area contributed by atoms with Crippen molar-refractivity contribution in [2.45, 2.75) is 32.6 Å². The Morgan fingerprint density at radius 3 is 2.50 bits per heavy atom. The van der Waals surface area contributed by atoms with Crippen molar-refractivity contribution in [1.29, 1.82) is 0 Å². The lowest BCUT2D eigenvalue weighted by Gasteiger charge is -2.00. The largest absolute Gasteiger partial charge is 0.469 e. The first-order valence-corrected chi connectivity index (χ1v) is 6.02. The van der Waals surface area contributed by atoms with Gasteiger partial charge < -0.3 is 4.74 Å². The second-order valence-electron chi connectivity index (χ2n) is 2.92. The van der Waals surface area contributed by atoms with Gasteiger partial charge in [-0.05, 0) is 17.9 Å². The Bertz CT molecular complexity index is 180. The lowest BCUT2D eigenvalue weighted by Crippen LogP contribution is -2.05. The smallest absolute Gasteiger partial charge is 0.305 e. The molecule has 0 N–H and O–H groups in total. The second kappa shape index (κ2) is 9.06.